The number of amides is 1. The molecule has 0 radical (unpaired) electrons. The number of hydrogen-bond acceptors (Lipinski definition) is 3. The first-order valence-corrected chi connectivity index (χ1v) is 8.77. The lowest BCUT2D eigenvalue weighted by Gasteiger charge is -2.26. The Morgan fingerprint density at radius 2 is 1.91 bits per heavy atom. The molecule has 0 aliphatic rings. The lowest BCUT2D eigenvalue weighted by molar-refractivity contribution is 0.0906. The third-order valence-corrected chi connectivity index (χ3v) is 4.72. The monoisotopic (exact) mass is 331 g/mol. The highest BCUT2D eigenvalue weighted by atomic mass is 32.1. The van der Waals surface area contributed by atoms with Gasteiger partial charge in [-0.2, -0.15) is 0 Å². The second kappa shape index (κ2) is 7.28. The van der Waals surface area contributed by atoms with Gasteiger partial charge in [0.2, 0.25) is 0 Å². The molecule has 0 aliphatic heterocycles. The molecule has 2 rings (SSSR count). The van der Waals surface area contributed by atoms with Gasteiger partial charge >= 0.3 is 0 Å². The fourth-order valence-electron chi connectivity index (χ4n) is 2.72. The predicted octanol–water partition coefficient (Wildman–Crippen LogP) is 4.25. The van der Waals surface area contributed by atoms with Crippen LogP contribution in [0.15, 0.2) is 35.7 Å². The molecule has 0 bridgehead atoms. The molecule has 2 aromatic rings. The van der Waals surface area contributed by atoms with Crippen LogP contribution in [0.25, 0.3) is 11.1 Å². The second-order valence-electron chi connectivity index (χ2n) is 6.93. The van der Waals surface area contributed by atoms with Crippen LogP contribution in [-0.2, 0) is 0 Å². The van der Waals surface area contributed by atoms with Crippen LogP contribution in [0, 0.1) is 12.3 Å². The van der Waals surface area contributed by atoms with Crippen molar-refractivity contribution in [3.05, 3.63) is 46.2 Å². The molecule has 0 saturated carbocycles. The van der Waals surface area contributed by atoms with Gasteiger partial charge in [-0.05, 0) is 42.7 Å². The molecular formula is C19H25NO2S. The SMILES string of the molecule is Cc1ccc(-c2ccsc2C(=O)NCC(C)(C)CC(C)O)cc1. The number of carbonyl (C=O) groups excluding carboxylic acids is 1. The highest BCUT2D eigenvalue weighted by Crippen LogP contribution is 2.29. The summed E-state index contributed by atoms with van der Waals surface area (Å²) in [6, 6.07) is 10.2. The Balaban J connectivity index is 2.09. The van der Waals surface area contributed by atoms with Gasteiger partial charge in [-0.1, -0.05) is 43.7 Å². The van der Waals surface area contributed by atoms with E-state index in [0.717, 1.165) is 16.0 Å². The number of nitrogens with one attached hydrogen (secondary N) is 1. The minimum absolute atomic E-state index is 0.0470. The summed E-state index contributed by atoms with van der Waals surface area (Å²) < 4.78 is 0. The molecule has 124 valence electrons. The van der Waals surface area contributed by atoms with Crippen molar-refractivity contribution in [1.29, 1.82) is 0 Å². The Morgan fingerprint density at radius 1 is 1.26 bits per heavy atom. The first-order valence-electron chi connectivity index (χ1n) is 7.89. The van der Waals surface area contributed by atoms with E-state index in [-0.39, 0.29) is 17.4 Å². The molecule has 1 aromatic heterocycles. The Kier molecular flexibility index (Phi) is 5.60. The smallest absolute Gasteiger partial charge is 0.262 e. The summed E-state index contributed by atoms with van der Waals surface area (Å²) in [7, 11) is 0. The maximum atomic E-state index is 12.5. The minimum Gasteiger partial charge on any atom is -0.393 e. The maximum absolute atomic E-state index is 12.5. The second-order valence-corrected chi connectivity index (χ2v) is 7.85. The molecule has 1 atom stereocenters. The number of aryl methyl sites for hydroxylation is 1. The molecule has 1 amide bonds. The molecule has 1 heterocycles. The van der Waals surface area contributed by atoms with Gasteiger partial charge in [-0.25, -0.2) is 0 Å². The van der Waals surface area contributed by atoms with Crippen molar-refractivity contribution in [2.75, 3.05) is 6.54 Å². The number of aliphatic hydroxyl groups excluding tert-OH is 1. The van der Waals surface area contributed by atoms with Crippen LogP contribution < -0.4 is 5.32 Å². The third kappa shape index (κ3) is 4.91. The number of carbonyl (C=O) groups is 1. The van der Waals surface area contributed by atoms with Crippen LogP contribution in [0.3, 0.4) is 0 Å². The van der Waals surface area contributed by atoms with Crippen molar-refractivity contribution in [3.63, 3.8) is 0 Å². The first kappa shape index (κ1) is 17.7. The average molecular weight is 331 g/mol. The van der Waals surface area contributed by atoms with E-state index in [1.807, 2.05) is 23.6 Å². The van der Waals surface area contributed by atoms with Gasteiger partial charge < -0.3 is 10.4 Å². The van der Waals surface area contributed by atoms with Crippen LogP contribution in [0.4, 0.5) is 0 Å². The van der Waals surface area contributed by atoms with Gasteiger partial charge in [0.05, 0.1) is 11.0 Å². The van der Waals surface area contributed by atoms with Crippen molar-refractivity contribution in [1.82, 2.24) is 5.32 Å². The van der Waals surface area contributed by atoms with E-state index < -0.39 is 0 Å². The molecular weight excluding hydrogens is 306 g/mol. The summed E-state index contributed by atoms with van der Waals surface area (Å²) in [5.74, 6) is -0.0470. The quantitative estimate of drug-likeness (QED) is 0.831. The van der Waals surface area contributed by atoms with E-state index in [1.165, 1.54) is 16.9 Å². The summed E-state index contributed by atoms with van der Waals surface area (Å²) in [6.45, 7) is 8.47. The number of benzene rings is 1. The van der Waals surface area contributed by atoms with Crippen LogP contribution in [-0.4, -0.2) is 23.7 Å². The van der Waals surface area contributed by atoms with Crippen molar-refractivity contribution in [2.24, 2.45) is 5.41 Å². The first-order chi connectivity index (χ1) is 10.8. The number of hydrogen-bond donors (Lipinski definition) is 2. The normalized spacial score (nSPS) is 12.9. The minimum atomic E-state index is -0.369. The molecule has 1 unspecified atom stereocenters. The Labute approximate surface area is 142 Å². The van der Waals surface area contributed by atoms with Gasteiger partial charge in [0, 0.05) is 12.1 Å². The maximum Gasteiger partial charge on any atom is 0.262 e. The lowest BCUT2D eigenvalue weighted by atomic mass is 9.87. The van der Waals surface area contributed by atoms with Crippen molar-refractivity contribution < 1.29 is 9.90 Å². The van der Waals surface area contributed by atoms with Crippen molar-refractivity contribution in [3.8, 4) is 11.1 Å². The Hall–Kier alpha value is -1.65. The summed E-state index contributed by atoms with van der Waals surface area (Å²) in [6.07, 6.45) is 0.287. The zero-order valence-electron chi connectivity index (χ0n) is 14.2. The van der Waals surface area contributed by atoms with Gasteiger partial charge in [-0.15, -0.1) is 11.3 Å². The van der Waals surface area contributed by atoms with E-state index in [1.54, 1.807) is 6.92 Å². The van der Waals surface area contributed by atoms with Gasteiger partial charge in [0.25, 0.3) is 5.91 Å². The zero-order chi connectivity index (χ0) is 17.0. The number of aliphatic hydroxyl groups is 1. The standard InChI is InChI=1S/C19H25NO2S/c1-13-5-7-15(8-6-13)16-9-10-23-17(16)18(22)20-12-19(3,4)11-14(2)21/h5-10,14,21H,11-12H2,1-4H3,(H,20,22). The van der Waals surface area contributed by atoms with E-state index in [2.05, 4.69) is 38.2 Å². The molecule has 4 heteroatoms. The lowest BCUT2D eigenvalue weighted by Crippen LogP contribution is -2.35. The van der Waals surface area contributed by atoms with Gasteiger partial charge in [0.15, 0.2) is 0 Å². The molecule has 3 nitrogen and oxygen atoms in total. The summed E-state index contributed by atoms with van der Waals surface area (Å²) in [4.78, 5) is 13.3. The fraction of sp³-hybridized carbons (Fsp3) is 0.421. The molecule has 23 heavy (non-hydrogen) atoms. The molecule has 0 fully saturated rings. The summed E-state index contributed by atoms with van der Waals surface area (Å²) >= 11 is 1.46. The third-order valence-electron chi connectivity index (χ3n) is 3.81. The topological polar surface area (TPSA) is 49.3 Å². The zero-order valence-corrected chi connectivity index (χ0v) is 15.0. The Bertz CT molecular complexity index is 656. The fourth-order valence-corrected chi connectivity index (χ4v) is 3.55. The number of thiophene rings is 1. The molecule has 1 aromatic carbocycles. The van der Waals surface area contributed by atoms with E-state index in [9.17, 15) is 9.90 Å². The average Bonchev–Trinajstić information content (AvgIpc) is 2.94. The van der Waals surface area contributed by atoms with Crippen LogP contribution >= 0.6 is 11.3 Å². The molecule has 2 N–H and O–H groups in total. The molecule has 0 aliphatic carbocycles. The molecule has 0 spiro atoms. The van der Waals surface area contributed by atoms with E-state index in [4.69, 9.17) is 0 Å². The predicted molar refractivity (Wildman–Crippen MR) is 96.9 cm³/mol. The van der Waals surface area contributed by atoms with Crippen LogP contribution in [0.2, 0.25) is 0 Å². The highest BCUT2D eigenvalue weighted by molar-refractivity contribution is 7.12. The summed E-state index contributed by atoms with van der Waals surface area (Å²) in [5, 5.41) is 14.5. The Morgan fingerprint density at radius 3 is 2.52 bits per heavy atom. The van der Waals surface area contributed by atoms with E-state index in [0.29, 0.717) is 13.0 Å². The van der Waals surface area contributed by atoms with Crippen molar-refractivity contribution in [2.45, 2.75) is 40.2 Å². The van der Waals surface area contributed by atoms with Gasteiger partial charge in [-0.3, -0.25) is 4.79 Å². The van der Waals surface area contributed by atoms with Crippen molar-refractivity contribution >= 4 is 17.2 Å². The summed E-state index contributed by atoms with van der Waals surface area (Å²) in [5.41, 5.74) is 3.10. The van der Waals surface area contributed by atoms with Gasteiger partial charge in [0.1, 0.15) is 0 Å². The van der Waals surface area contributed by atoms with E-state index >= 15 is 0 Å². The largest absolute Gasteiger partial charge is 0.393 e. The highest BCUT2D eigenvalue weighted by Gasteiger charge is 2.22. The molecule has 0 saturated heterocycles. The van der Waals surface area contributed by atoms with Crippen LogP contribution in [0.5, 0.6) is 0 Å². The number of rotatable bonds is 6. The van der Waals surface area contributed by atoms with Crippen LogP contribution in [0.1, 0.15) is 42.4 Å².